The van der Waals surface area contributed by atoms with E-state index in [2.05, 4.69) is 11.6 Å². The maximum absolute atomic E-state index is 12.5. The highest BCUT2D eigenvalue weighted by atomic mass is 32.2. The van der Waals surface area contributed by atoms with Crippen LogP contribution in [0.3, 0.4) is 0 Å². The van der Waals surface area contributed by atoms with E-state index >= 15 is 0 Å². The summed E-state index contributed by atoms with van der Waals surface area (Å²) < 4.78 is 32.9. The highest BCUT2D eigenvalue weighted by Gasteiger charge is 2.16. The monoisotopic (exact) mass is 390 g/mol. The van der Waals surface area contributed by atoms with Crippen LogP contribution in [0, 0.1) is 0 Å². The van der Waals surface area contributed by atoms with Crippen molar-refractivity contribution in [3.05, 3.63) is 54.1 Å². The molecule has 0 spiro atoms. The van der Waals surface area contributed by atoms with Gasteiger partial charge in [-0.1, -0.05) is 13.3 Å². The van der Waals surface area contributed by atoms with Crippen LogP contribution in [-0.4, -0.2) is 39.4 Å². The van der Waals surface area contributed by atoms with Gasteiger partial charge in [-0.3, -0.25) is 9.52 Å². The third-order valence-electron chi connectivity index (χ3n) is 4.02. The molecule has 2 aromatic carbocycles. The van der Waals surface area contributed by atoms with Gasteiger partial charge in [0, 0.05) is 24.8 Å². The first-order valence-corrected chi connectivity index (χ1v) is 10.5. The fourth-order valence-corrected chi connectivity index (χ4v) is 3.55. The predicted octanol–water partition coefficient (Wildman–Crippen LogP) is 3.76. The summed E-state index contributed by atoms with van der Waals surface area (Å²) in [5.41, 5.74) is 0.909. The number of nitrogens with one attached hydrogen (secondary N) is 1. The largest absolute Gasteiger partial charge is 0.494 e. The maximum Gasteiger partial charge on any atom is 0.261 e. The molecule has 0 aliphatic heterocycles. The van der Waals surface area contributed by atoms with Crippen molar-refractivity contribution in [2.75, 3.05) is 24.9 Å². The molecule has 0 saturated heterocycles. The molecule has 0 unspecified atom stereocenters. The van der Waals surface area contributed by atoms with Crippen LogP contribution in [0.15, 0.2) is 53.4 Å². The van der Waals surface area contributed by atoms with Crippen LogP contribution < -0.4 is 9.46 Å². The number of carbonyl (C=O) groups is 1. The molecule has 0 radical (unpaired) electrons. The highest BCUT2D eigenvalue weighted by molar-refractivity contribution is 7.92. The number of hydrogen-bond acceptors (Lipinski definition) is 4. The lowest BCUT2D eigenvalue weighted by Gasteiger charge is -2.17. The Hall–Kier alpha value is -2.54. The normalized spacial score (nSPS) is 11.1. The first-order chi connectivity index (χ1) is 12.9. The smallest absolute Gasteiger partial charge is 0.261 e. The fraction of sp³-hybridized carbons (Fsp3) is 0.350. The number of rotatable bonds is 9. The van der Waals surface area contributed by atoms with E-state index in [1.54, 1.807) is 36.2 Å². The number of benzene rings is 2. The maximum atomic E-state index is 12.5. The van der Waals surface area contributed by atoms with Crippen LogP contribution in [-0.2, 0) is 10.0 Å². The quantitative estimate of drug-likeness (QED) is 0.707. The lowest BCUT2D eigenvalue weighted by molar-refractivity contribution is 0.0793. The van der Waals surface area contributed by atoms with E-state index in [-0.39, 0.29) is 10.8 Å². The second-order valence-corrected chi connectivity index (χ2v) is 7.85. The van der Waals surface area contributed by atoms with Crippen LogP contribution in [0.5, 0.6) is 5.75 Å². The lowest BCUT2D eigenvalue weighted by Crippen LogP contribution is -2.27. The summed E-state index contributed by atoms with van der Waals surface area (Å²) in [6, 6.07) is 12.7. The second kappa shape index (κ2) is 9.41. The Morgan fingerprint density at radius 3 is 2.22 bits per heavy atom. The minimum Gasteiger partial charge on any atom is -0.494 e. The van der Waals surface area contributed by atoms with E-state index in [1.807, 2.05) is 6.92 Å². The van der Waals surface area contributed by atoms with E-state index in [0.717, 1.165) is 12.8 Å². The van der Waals surface area contributed by atoms with E-state index in [9.17, 15) is 13.2 Å². The molecule has 0 aliphatic rings. The molecule has 7 heteroatoms. The zero-order valence-electron chi connectivity index (χ0n) is 15.9. The summed E-state index contributed by atoms with van der Waals surface area (Å²) in [5.74, 6) is 0.558. The molecule has 146 valence electrons. The molecule has 2 aromatic rings. The van der Waals surface area contributed by atoms with E-state index < -0.39 is 10.0 Å². The highest BCUT2D eigenvalue weighted by Crippen LogP contribution is 2.20. The standard InChI is InChI=1S/C20H26N2O4S/c1-4-6-15-22(3)20(23)16-7-13-19(14-8-16)27(24,25)21-17-9-11-18(12-10-17)26-5-2/h7-14,21H,4-6,15H2,1-3H3. The SMILES string of the molecule is CCCCN(C)C(=O)c1ccc(S(=O)(=O)Nc2ccc(OCC)cc2)cc1. The molecule has 0 aromatic heterocycles. The summed E-state index contributed by atoms with van der Waals surface area (Å²) >= 11 is 0. The first-order valence-electron chi connectivity index (χ1n) is 8.98. The van der Waals surface area contributed by atoms with Crippen LogP contribution in [0.25, 0.3) is 0 Å². The summed E-state index contributed by atoms with van der Waals surface area (Å²) in [7, 11) is -1.98. The van der Waals surface area contributed by atoms with Gasteiger partial charge in [0.15, 0.2) is 0 Å². The predicted molar refractivity (Wildman–Crippen MR) is 107 cm³/mol. The van der Waals surface area contributed by atoms with Gasteiger partial charge >= 0.3 is 0 Å². The van der Waals surface area contributed by atoms with Crippen molar-refractivity contribution in [3.8, 4) is 5.75 Å². The van der Waals surface area contributed by atoms with Crippen LogP contribution >= 0.6 is 0 Å². The average Bonchev–Trinajstić information content (AvgIpc) is 2.67. The van der Waals surface area contributed by atoms with Gasteiger partial charge in [0.05, 0.1) is 11.5 Å². The van der Waals surface area contributed by atoms with Crippen molar-refractivity contribution < 1.29 is 17.9 Å². The van der Waals surface area contributed by atoms with Gasteiger partial charge in [-0.25, -0.2) is 8.42 Å². The van der Waals surface area contributed by atoms with E-state index in [4.69, 9.17) is 4.74 Å². The Bertz CT molecular complexity index is 847. The van der Waals surface area contributed by atoms with Gasteiger partial charge in [0.25, 0.3) is 15.9 Å². The molecule has 0 bridgehead atoms. The summed E-state index contributed by atoms with van der Waals surface area (Å²) in [5, 5.41) is 0. The van der Waals surface area contributed by atoms with Crippen molar-refractivity contribution in [1.29, 1.82) is 0 Å². The Morgan fingerprint density at radius 2 is 1.67 bits per heavy atom. The zero-order valence-corrected chi connectivity index (χ0v) is 16.8. The summed E-state index contributed by atoms with van der Waals surface area (Å²) in [6.07, 6.45) is 1.94. The van der Waals surface area contributed by atoms with E-state index in [1.165, 1.54) is 24.3 Å². The van der Waals surface area contributed by atoms with Gasteiger partial charge in [-0.2, -0.15) is 0 Å². The zero-order chi connectivity index (χ0) is 19.9. The molecule has 0 atom stereocenters. The minimum absolute atomic E-state index is 0.101. The van der Waals surface area contributed by atoms with Gasteiger partial charge in [0.1, 0.15) is 5.75 Å². The average molecular weight is 391 g/mol. The van der Waals surface area contributed by atoms with Gasteiger partial charge < -0.3 is 9.64 Å². The van der Waals surface area contributed by atoms with Gasteiger partial charge in [-0.05, 0) is 61.9 Å². The van der Waals surface area contributed by atoms with Crippen molar-refractivity contribution >= 4 is 21.6 Å². The Labute approximate surface area is 161 Å². The molecule has 0 heterocycles. The number of carbonyl (C=O) groups excluding carboxylic acids is 1. The van der Waals surface area contributed by atoms with Crippen molar-refractivity contribution in [2.45, 2.75) is 31.6 Å². The van der Waals surface area contributed by atoms with Crippen LogP contribution in [0.1, 0.15) is 37.0 Å². The van der Waals surface area contributed by atoms with Crippen LogP contribution in [0.2, 0.25) is 0 Å². The third kappa shape index (κ3) is 5.72. The minimum atomic E-state index is -3.73. The number of unbranched alkanes of at least 4 members (excludes halogenated alkanes) is 1. The molecule has 27 heavy (non-hydrogen) atoms. The molecule has 6 nitrogen and oxygen atoms in total. The Kier molecular flexibility index (Phi) is 7.24. The van der Waals surface area contributed by atoms with Crippen LogP contribution in [0.4, 0.5) is 5.69 Å². The molecule has 0 fully saturated rings. The number of ether oxygens (including phenoxy) is 1. The topological polar surface area (TPSA) is 75.7 Å². The number of nitrogens with zero attached hydrogens (tertiary/aromatic N) is 1. The van der Waals surface area contributed by atoms with Gasteiger partial charge in [0.2, 0.25) is 0 Å². The number of amides is 1. The number of hydrogen-bond donors (Lipinski definition) is 1. The molecular formula is C20H26N2O4S. The van der Waals surface area contributed by atoms with Gasteiger partial charge in [-0.15, -0.1) is 0 Å². The molecule has 1 amide bonds. The van der Waals surface area contributed by atoms with Crippen molar-refractivity contribution in [1.82, 2.24) is 4.90 Å². The molecule has 1 N–H and O–H groups in total. The Balaban J connectivity index is 2.09. The number of sulfonamides is 1. The van der Waals surface area contributed by atoms with E-state index in [0.29, 0.717) is 30.2 Å². The van der Waals surface area contributed by atoms with Crippen molar-refractivity contribution in [2.24, 2.45) is 0 Å². The lowest BCUT2D eigenvalue weighted by atomic mass is 10.2. The Morgan fingerprint density at radius 1 is 1.04 bits per heavy atom. The molecular weight excluding hydrogens is 364 g/mol. The summed E-state index contributed by atoms with van der Waals surface area (Å²) in [6.45, 7) is 5.17. The molecule has 0 aliphatic carbocycles. The second-order valence-electron chi connectivity index (χ2n) is 6.17. The fourth-order valence-electron chi connectivity index (χ4n) is 2.49. The molecule has 0 saturated carbocycles. The first kappa shape index (κ1) is 20.8. The third-order valence-corrected chi connectivity index (χ3v) is 5.42. The number of anilines is 1. The summed E-state index contributed by atoms with van der Waals surface area (Å²) in [4.78, 5) is 14.1. The molecule has 2 rings (SSSR count). The van der Waals surface area contributed by atoms with Crippen molar-refractivity contribution in [3.63, 3.8) is 0 Å².